The van der Waals surface area contributed by atoms with E-state index in [1.165, 1.54) is 47.9 Å². The fourth-order valence-electron chi connectivity index (χ4n) is 4.33. The quantitative estimate of drug-likeness (QED) is 0.227. The first-order chi connectivity index (χ1) is 15.0. The third-order valence-corrected chi connectivity index (χ3v) is 15.9. The van der Waals surface area contributed by atoms with E-state index in [1.54, 1.807) is 0 Å². The van der Waals surface area contributed by atoms with Crippen LogP contribution in [-0.4, -0.2) is 19.2 Å². The molecule has 0 heterocycles. The molecule has 0 saturated carbocycles. The summed E-state index contributed by atoms with van der Waals surface area (Å²) < 4.78 is 16.5. The summed E-state index contributed by atoms with van der Waals surface area (Å²) in [6, 6.07) is 13.1. The molecule has 2 aromatic carbocycles. The van der Waals surface area contributed by atoms with Crippen LogP contribution in [0.1, 0.15) is 88.5 Å². The van der Waals surface area contributed by atoms with Gasteiger partial charge in [0.25, 0.3) is 0 Å². The second-order valence-corrected chi connectivity index (χ2v) is 18.1. The van der Waals surface area contributed by atoms with Crippen LogP contribution in [0.2, 0.25) is 8.87 Å². The number of unbranched alkanes of at least 4 members (excludes halogenated alkanes) is 2. The molecule has 0 saturated heterocycles. The van der Waals surface area contributed by atoms with E-state index in [0.29, 0.717) is 0 Å². The average molecular weight is 531 g/mol. The number of benzene rings is 2. The van der Waals surface area contributed by atoms with Crippen molar-refractivity contribution in [3.8, 4) is 11.5 Å². The van der Waals surface area contributed by atoms with Crippen LogP contribution >= 0.6 is 0 Å². The standard InChI is InChI=1S/2C10H14O.2C4H9.Sn/c2*1-3-5-9-8(2)6-4-7-10(9)11;2*1-3-4-2;/h2*4,6-7,11H,3,5H2,1-2H3;2*1,3-4H2,2H3;/q;;;;+2/p-2. The number of hydrogen-bond donors (Lipinski definition) is 0. The van der Waals surface area contributed by atoms with Crippen LogP contribution in [0.25, 0.3) is 0 Å². The minimum atomic E-state index is -3.44. The number of aryl methyl sites for hydroxylation is 2. The summed E-state index contributed by atoms with van der Waals surface area (Å²) in [5.74, 6) is 2.18. The van der Waals surface area contributed by atoms with Crippen LogP contribution < -0.4 is 6.15 Å². The van der Waals surface area contributed by atoms with Crippen LogP contribution in [0.5, 0.6) is 11.5 Å². The van der Waals surface area contributed by atoms with Gasteiger partial charge in [-0.05, 0) is 0 Å². The van der Waals surface area contributed by atoms with Crippen molar-refractivity contribution in [1.82, 2.24) is 0 Å². The van der Waals surface area contributed by atoms with E-state index in [2.05, 4.69) is 77.9 Å². The Bertz CT molecular complexity index is 732. The minimum absolute atomic E-state index is 1.07. The molecule has 0 bridgehead atoms. The van der Waals surface area contributed by atoms with Crippen LogP contribution in [0, 0.1) is 13.8 Å². The molecule has 0 aliphatic rings. The molecule has 172 valence electrons. The predicted octanol–water partition coefficient (Wildman–Crippen LogP) is 8.71. The van der Waals surface area contributed by atoms with Gasteiger partial charge in [0.1, 0.15) is 0 Å². The molecule has 0 atom stereocenters. The monoisotopic (exact) mass is 532 g/mol. The second kappa shape index (κ2) is 13.4. The van der Waals surface area contributed by atoms with Gasteiger partial charge in [0, 0.05) is 0 Å². The Labute approximate surface area is 196 Å². The van der Waals surface area contributed by atoms with Gasteiger partial charge in [-0.1, -0.05) is 0 Å². The fourth-order valence-corrected chi connectivity index (χ4v) is 14.8. The summed E-state index contributed by atoms with van der Waals surface area (Å²) in [5, 5.41) is 0. The Morgan fingerprint density at radius 3 is 1.39 bits per heavy atom. The molecule has 0 radical (unpaired) electrons. The normalized spacial score (nSPS) is 11.5. The topological polar surface area (TPSA) is 18.5 Å². The Balaban J connectivity index is 2.51. The molecular weight excluding hydrogens is 487 g/mol. The molecule has 0 spiro atoms. The Morgan fingerprint density at radius 2 is 1.03 bits per heavy atom. The first kappa shape index (κ1) is 26.1. The van der Waals surface area contributed by atoms with Gasteiger partial charge in [0.2, 0.25) is 0 Å². The molecule has 2 rings (SSSR count). The van der Waals surface area contributed by atoms with Crippen molar-refractivity contribution in [2.24, 2.45) is 0 Å². The van der Waals surface area contributed by atoms with Crippen LogP contribution in [-0.2, 0) is 12.8 Å². The van der Waals surface area contributed by atoms with E-state index in [0.717, 1.165) is 46.1 Å². The van der Waals surface area contributed by atoms with E-state index in [-0.39, 0.29) is 0 Å². The van der Waals surface area contributed by atoms with Gasteiger partial charge in [-0.3, -0.25) is 0 Å². The molecule has 0 fully saturated rings. The van der Waals surface area contributed by atoms with Gasteiger partial charge < -0.3 is 0 Å². The molecule has 2 aromatic rings. The maximum atomic E-state index is 7.14. The van der Waals surface area contributed by atoms with Gasteiger partial charge in [0.05, 0.1) is 0 Å². The van der Waals surface area contributed by atoms with Gasteiger partial charge in [0.15, 0.2) is 0 Å². The molecule has 0 amide bonds. The fraction of sp³-hybridized carbons (Fsp3) is 0.571. The first-order valence-corrected chi connectivity index (χ1v) is 18.9. The third kappa shape index (κ3) is 7.44. The van der Waals surface area contributed by atoms with Crippen molar-refractivity contribution in [3.63, 3.8) is 0 Å². The van der Waals surface area contributed by atoms with E-state index < -0.39 is 19.2 Å². The molecule has 0 aromatic heterocycles. The summed E-state index contributed by atoms with van der Waals surface area (Å²) in [5.41, 5.74) is 5.43. The molecule has 2 nitrogen and oxygen atoms in total. The molecule has 0 aliphatic carbocycles. The van der Waals surface area contributed by atoms with Gasteiger partial charge in [-0.2, -0.15) is 0 Å². The van der Waals surface area contributed by atoms with Crippen molar-refractivity contribution in [1.29, 1.82) is 0 Å². The Kier molecular flexibility index (Phi) is 11.3. The zero-order chi connectivity index (χ0) is 22.7. The SMILES string of the molecule is CCC[CH2][Sn]([CH2]CCC)([O]c1cccc(C)c1CCC)[O]c1cccc(C)c1CCC. The van der Waals surface area contributed by atoms with E-state index in [9.17, 15) is 0 Å². The Morgan fingerprint density at radius 1 is 0.613 bits per heavy atom. The summed E-state index contributed by atoms with van der Waals surface area (Å²) in [7, 11) is 0. The van der Waals surface area contributed by atoms with Crippen molar-refractivity contribution >= 4 is 19.2 Å². The summed E-state index contributed by atoms with van der Waals surface area (Å²) >= 11 is -3.44. The molecular formula is C28H44O2Sn. The van der Waals surface area contributed by atoms with Crippen LogP contribution in [0.3, 0.4) is 0 Å². The maximum absolute atomic E-state index is 7.14. The summed E-state index contributed by atoms with van der Waals surface area (Å²) in [4.78, 5) is 0. The van der Waals surface area contributed by atoms with Gasteiger partial charge in [-0.15, -0.1) is 0 Å². The molecule has 0 aliphatic heterocycles. The molecule has 0 unspecified atom stereocenters. The van der Waals surface area contributed by atoms with E-state index >= 15 is 0 Å². The Hall–Kier alpha value is -1.16. The summed E-state index contributed by atoms with van der Waals surface area (Å²) in [6.07, 6.45) is 9.13. The second-order valence-electron chi connectivity index (χ2n) is 8.93. The number of hydrogen-bond acceptors (Lipinski definition) is 2. The molecule has 0 N–H and O–H groups in total. The van der Waals surface area contributed by atoms with E-state index in [1.807, 2.05) is 0 Å². The summed E-state index contributed by atoms with van der Waals surface area (Å²) in [6.45, 7) is 13.5. The van der Waals surface area contributed by atoms with Crippen molar-refractivity contribution in [2.75, 3.05) is 0 Å². The zero-order valence-electron chi connectivity index (χ0n) is 20.9. The van der Waals surface area contributed by atoms with Crippen molar-refractivity contribution in [3.05, 3.63) is 58.7 Å². The van der Waals surface area contributed by atoms with Crippen LogP contribution in [0.15, 0.2) is 36.4 Å². The molecule has 3 heteroatoms. The average Bonchev–Trinajstić information content (AvgIpc) is 2.76. The number of rotatable bonds is 14. The van der Waals surface area contributed by atoms with Gasteiger partial charge >= 0.3 is 197 Å². The zero-order valence-corrected chi connectivity index (χ0v) is 23.7. The predicted molar refractivity (Wildman–Crippen MR) is 137 cm³/mol. The third-order valence-electron chi connectivity index (χ3n) is 6.15. The van der Waals surface area contributed by atoms with E-state index in [4.69, 9.17) is 6.15 Å². The van der Waals surface area contributed by atoms with Crippen molar-refractivity contribution < 1.29 is 6.15 Å². The van der Waals surface area contributed by atoms with Gasteiger partial charge in [-0.25, -0.2) is 0 Å². The van der Waals surface area contributed by atoms with Crippen LogP contribution in [0.4, 0.5) is 0 Å². The first-order valence-electron chi connectivity index (χ1n) is 12.5. The molecule has 31 heavy (non-hydrogen) atoms. The van der Waals surface area contributed by atoms with Crippen molar-refractivity contribution in [2.45, 2.75) is 102 Å².